The Morgan fingerprint density at radius 3 is 2.52 bits per heavy atom. The van der Waals surface area contributed by atoms with Gasteiger partial charge in [-0.25, -0.2) is 9.48 Å². The van der Waals surface area contributed by atoms with Crippen LogP contribution in [0.1, 0.15) is 43.5 Å². The van der Waals surface area contributed by atoms with Crippen molar-refractivity contribution in [1.29, 1.82) is 0 Å². The molecule has 0 bridgehead atoms. The normalized spacial score (nSPS) is 10.7. The average Bonchev–Trinajstić information content (AvgIpc) is 3.07. The van der Waals surface area contributed by atoms with Gasteiger partial charge in [0.1, 0.15) is 5.75 Å². The Labute approximate surface area is 184 Å². The van der Waals surface area contributed by atoms with Crippen LogP contribution < -0.4 is 10.1 Å². The molecule has 0 aliphatic rings. The molecule has 6 heteroatoms. The third-order valence-electron chi connectivity index (χ3n) is 5.00. The van der Waals surface area contributed by atoms with Crippen molar-refractivity contribution in [2.24, 2.45) is 0 Å². The number of nitrogens with one attached hydrogen (secondary N) is 1. The van der Waals surface area contributed by atoms with Crippen LogP contribution in [0, 0.1) is 13.8 Å². The van der Waals surface area contributed by atoms with Crippen LogP contribution in [0.5, 0.6) is 11.6 Å². The van der Waals surface area contributed by atoms with Crippen LogP contribution in [-0.2, 0) is 6.54 Å². The minimum atomic E-state index is -0.0583. The summed E-state index contributed by atoms with van der Waals surface area (Å²) in [5, 5.41) is 7.76. The molecule has 0 spiro atoms. The first-order chi connectivity index (χ1) is 15.0. The highest BCUT2D eigenvalue weighted by molar-refractivity contribution is 5.74. The van der Waals surface area contributed by atoms with Gasteiger partial charge in [0, 0.05) is 13.1 Å². The highest BCUT2D eigenvalue weighted by Gasteiger charge is 2.23. The molecule has 1 N–H and O–H groups in total. The summed E-state index contributed by atoms with van der Waals surface area (Å²) in [4.78, 5) is 14.6. The number of amides is 2. The highest BCUT2D eigenvalue weighted by Crippen LogP contribution is 2.32. The van der Waals surface area contributed by atoms with E-state index in [0.717, 1.165) is 41.1 Å². The summed E-state index contributed by atoms with van der Waals surface area (Å²) in [6.07, 6.45) is 1.78. The lowest BCUT2D eigenvalue weighted by Gasteiger charge is -2.23. The molecular weight excluding hydrogens is 388 g/mol. The summed E-state index contributed by atoms with van der Waals surface area (Å²) in [7, 11) is 0. The van der Waals surface area contributed by atoms with Crippen LogP contribution in [0.25, 0.3) is 5.69 Å². The Balaban J connectivity index is 2.01. The molecule has 2 amide bonds. The number of hydrogen-bond donors (Lipinski definition) is 1. The second-order valence-electron chi connectivity index (χ2n) is 7.69. The zero-order chi connectivity index (χ0) is 22.2. The minimum Gasteiger partial charge on any atom is -0.439 e. The number of hydrogen-bond acceptors (Lipinski definition) is 3. The van der Waals surface area contributed by atoms with Crippen molar-refractivity contribution in [2.45, 2.75) is 47.1 Å². The summed E-state index contributed by atoms with van der Waals surface area (Å²) in [6.45, 7) is 9.88. The number of aryl methyl sites for hydroxylation is 2. The maximum atomic E-state index is 12.7. The Kier molecular flexibility index (Phi) is 7.70. The van der Waals surface area contributed by atoms with Crippen LogP contribution in [0.2, 0.25) is 0 Å². The zero-order valence-electron chi connectivity index (χ0n) is 18.9. The molecule has 1 aromatic heterocycles. The summed E-state index contributed by atoms with van der Waals surface area (Å²) in [5.74, 6) is 1.38. The molecule has 1 heterocycles. The number of ether oxygens (including phenoxy) is 1. The smallest absolute Gasteiger partial charge is 0.317 e. The first kappa shape index (κ1) is 22.4. The number of aromatic nitrogens is 2. The van der Waals surface area contributed by atoms with Gasteiger partial charge in [0.2, 0.25) is 5.88 Å². The Bertz CT molecular complexity index is 998. The Morgan fingerprint density at radius 2 is 1.84 bits per heavy atom. The van der Waals surface area contributed by atoms with Gasteiger partial charge in [0.25, 0.3) is 0 Å². The van der Waals surface area contributed by atoms with Crippen molar-refractivity contribution < 1.29 is 9.53 Å². The van der Waals surface area contributed by atoms with E-state index in [1.165, 1.54) is 0 Å². The summed E-state index contributed by atoms with van der Waals surface area (Å²) >= 11 is 0. The molecule has 2 aromatic carbocycles. The molecule has 0 atom stereocenters. The molecule has 0 aliphatic carbocycles. The molecule has 3 rings (SSSR count). The lowest BCUT2D eigenvalue weighted by atomic mass is 10.2. The second kappa shape index (κ2) is 10.7. The molecule has 0 aliphatic heterocycles. The summed E-state index contributed by atoms with van der Waals surface area (Å²) in [6, 6.07) is 17.8. The van der Waals surface area contributed by atoms with E-state index in [2.05, 4.69) is 12.2 Å². The molecule has 0 radical (unpaired) electrons. The highest BCUT2D eigenvalue weighted by atomic mass is 16.5. The van der Waals surface area contributed by atoms with Gasteiger partial charge in [-0.3, -0.25) is 0 Å². The monoisotopic (exact) mass is 420 g/mol. The van der Waals surface area contributed by atoms with Crippen molar-refractivity contribution in [3.05, 3.63) is 71.4 Å². The van der Waals surface area contributed by atoms with Crippen molar-refractivity contribution in [3.63, 3.8) is 0 Å². The molecule has 0 unspecified atom stereocenters. The van der Waals surface area contributed by atoms with Crippen LogP contribution in [0.15, 0.2) is 54.6 Å². The maximum Gasteiger partial charge on any atom is 0.317 e. The van der Waals surface area contributed by atoms with Gasteiger partial charge in [-0.2, -0.15) is 5.10 Å². The van der Waals surface area contributed by atoms with E-state index < -0.39 is 0 Å². The molecule has 0 saturated heterocycles. The van der Waals surface area contributed by atoms with Crippen molar-refractivity contribution in [1.82, 2.24) is 20.0 Å². The predicted octanol–water partition coefficient (Wildman–Crippen LogP) is 5.61. The average molecular weight is 421 g/mol. The predicted molar refractivity (Wildman–Crippen MR) is 124 cm³/mol. The SMILES string of the molecule is CCCNC(=O)N(CCC)Cc1c(C)nn(-c2ccccc2)c1Oc1cccc(C)c1. The van der Waals surface area contributed by atoms with Gasteiger partial charge in [-0.1, -0.05) is 44.2 Å². The van der Waals surface area contributed by atoms with Crippen LogP contribution in [-0.4, -0.2) is 33.8 Å². The first-order valence-electron chi connectivity index (χ1n) is 10.9. The maximum absolute atomic E-state index is 12.7. The van der Waals surface area contributed by atoms with Gasteiger partial charge >= 0.3 is 6.03 Å². The number of nitrogens with zero attached hydrogens (tertiary/aromatic N) is 3. The van der Waals surface area contributed by atoms with Crippen LogP contribution >= 0.6 is 0 Å². The first-order valence-corrected chi connectivity index (χ1v) is 10.9. The third-order valence-corrected chi connectivity index (χ3v) is 5.00. The van der Waals surface area contributed by atoms with Gasteiger partial charge in [-0.05, 0) is 56.5 Å². The van der Waals surface area contributed by atoms with E-state index in [-0.39, 0.29) is 6.03 Å². The second-order valence-corrected chi connectivity index (χ2v) is 7.69. The summed E-state index contributed by atoms with van der Waals surface area (Å²) < 4.78 is 8.20. The van der Waals surface area contributed by atoms with E-state index in [1.54, 1.807) is 0 Å². The number of para-hydroxylation sites is 1. The molecule has 6 nitrogen and oxygen atoms in total. The fraction of sp³-hybridized carbons (Fsp3) is 0.360. The number of carbonyl (C=O) groups is 1. The lowest BCUT2D eigenvalue weighted by molar-refractivity contribution is 0.194. The van der Waals surface area contributed by atoms with Crippen molar-refractivity contribution in [3.8, 4) is 17.3 Å². The summed E-state index contributed by atoms with van der Waals surface area (Å²) in [5.41, 5.74) is 3.78. The number of carbonyl (C=O) groups excluding carboxylic acids is 1. The minimum absolute atomic E-state index is 0.0583. The van der Waals surface area contributed by atoms with E-state index in [9.17, 15) is 4.79 Å². The van der Waals surface area contributed by atoms with Crippen molar-refractivity contribution in [2.75, 3.05) is 13.1 Å². The van der Waals surface area contributed by atoms with Gasteiger partial charge < -0.3 is 15.0 Å². The largest absolute Gasteiger partial charge is 0.439 e. The fourth-order valence-electron chi connectivity index (χ4n) is 3.42. The Hall–Kier alpha value is -3.28. The molecule has 0 fully saturated rings. The van der Waals surface area contributed by atoms with E-state index in [4.69, 9.17) is 9.84 Å². The lowest BCUT2D eigenvalue weighted by Crippen LogP contribution is -2.40. The van der Waals surface area contributed by atoms with E-state index >= 15 is 0 Å². The van der Waals surface area contributed by atoms with Crippen LogP contribution in [0.4, 0.5) is 4.79 Å². The van der Waals surface area contributed by atoms with Crippen molar-refractivity contribution >= 4 is 6.03 Å². The third kappa shape index (κ3) is 5.66. The van der Waals surface area contributed by atoms with E-state index in [1.807, 2.05) is 85.0 Å². The topological polar surface area (TPSA) is 59.4 Å². The Morgan fingerprint density at radius 1 is 1.06 bits per heavy atom. The zero-order valence-corrected chi connectivity index (χ0v) is 18.9. The molecular formula is C25H32N4O2. The molecule has 31 heavy (non-hydrogen) atoms. The van der Waals surface area contributed by atoms with E-state index in [0.29, 0.717) is 25.5 Å². The van der Waals surface area contributed by atoms with Gasteiger partial charge in [0.15, 0.2) is 0 Å². The fourth-order valence-corrected chi connectivity index (χ4v) is 3.42. The quantitative estimate of drug-likeness (QED) is 0.489. The van der Waals surface area contributed by atoms with Gasteiger partial charge in [-0.15, -0.1) is 0 Å². The van der Waals surface area contributed by atoms with Gasteiger partial charge in [0.05, 0.1) is 23.5 Å². The number of benzene rings is 2. The molecule has 0 saturated carbocycles. The standard InChI is InChI=1S/C25H32N4O2/c1-5-15-26-25(30)28(16-6-2)18-23-20(4)27-29(21-12-8-7-9-13-21)24(23)31-22-14-10-11-19(3)17-22/h7-14,17H,5-6,15-16,18H2,1-4H3,(H,26,30). The van der Waals surface area contributed by atoms with Crippen LogP contribution in [0.3, 0.4) is 0 Å². The molecule has 164 valence electrons. The number of urea groups is 1. The number of rotatable bonds is 9. The molecule has 3 aromatic rings.